The van der Waals surface area contributed by atoms with Gasteiger partial charge < -0.3 is 10.1 Å². The van der Waals surface area contributed by atoms with Crippen molar-refractivity contribution in [2.45, 2.75) is 25.9 Å². The van der Waals surface area contributed by atoms with Crippen molar-refractivity contribution in [2.75, 3.05) is 19.9 Å². The minimum atomic E-state index is -3.43. The molecule has 2 aromatic carbocycles. The average Bonchev–Trinajstić information content (AvgIpc) is 2.65. The lowest BCUT2D eigenvalue weighted by Gasteiger charge is -2.21. The number of nitrogens with one attached hydrogen (secondary N) is 1. The molecule has 1 atom stereocenters. The molecule has 0 aliphatic carbocycles. The summed E-state index contributed by atoms with van der Waals surface area (Å²) < 4.78 is 30.6. The minimum absolute atomic E-state index is 0.0976. The standard InChI is InChI=1S/C20H26N2O4S/c1-16(18-7-5-4-6-8-18)21-20(23)13-14-22(27(3,24)25)15-17-9-11-19(26-2)12-10-17/h4-12,16H,13-15H2,1-3H3,(H,21,23). The Hall–Kier alpha value is -2.38. The van der Waals surface area contributed by atoms with Crippen molar-refractivity contribution in [3.05, 3.63) is 65.7 Å². The van der Waals surface area contributed by atoms with E-state index in [1.54, 1.807) is 19.2 Å². The fourth-order valence-electron chi connectivity index (χ4n) is 2.66. The monoisotopic (exact) mass is 390 g/mol. The quantitative estimate of drug-likeness (QED) is 0.714. The smallest absolute Gasteiger partial charge is 0.221 e. The first kappa shape index (κ1) is 20.9. The summed E-state index contributed by atoms with van der Waals surface area (Å²) in [6.45, 7) is 2.24. The molecule has 27 heavy (non-hydrogen) atoms. The third-order valence-electron chi connectivity index (χ3n) is 4.25. The van der Waals surface area contributed by atoms with Gasteiger partial charge in [0.1, 0.15) is 5.75 Å². The van der Waals surface area contributed by atoms with Gasteiger partial charge in [0.05, 0.1) is 19.4 Å². The van der Waals surface area contributed by atoms with Crippen molar-refractivity contribution in [2.24, 2.45) is 0 Å². The molecule has 1 amide bonds. The van der Waals surface area contributed by atoms with E-state index in [0.717, 1.165) is 17.4 Å². The van der Waals surface area contributed by atoms with Crippen LogP contribution >= 0.6 is 0 Å². The van der Waals surface area contributed by atoms with Crippen LogP contribution in [0, 0.1) is 0 Å². The molecule has 146 valence electrons. The number of rotatable bonds is 9. The van der Waals surface area contributed by atoms with Gasteiger partial charge in [-0.05, 0) is 30.2 Å². The first-order valence-corrected chi connectivity index (χ1v) is 10.6. The number of methoxy groups -OCH3 is 1. The Balaban J connectivity index is 1.94. The SMILES string of the molecule is COc1ccc(CN(CCC(=O)NC(C)c2ccccc2)S(C)(=O)=O)cc1. The van der Waals surface area contributed by atoms with Gasteiger partial charge in [-0.15, -0.1) is 0 Å². The van der Waals surface area contributed by atoms with Gasteiger partial charge in [0.25, 0.3) is 0 Å². The van der Waals surface area contributed by atoms with Crippen LogP contribution in [0.25, 0.3) is 0 Å². The maximum atomic E-state index is 12.2. The number of hydrogen-bond acceptors (Lipinski definition) is 4. The average molecular weight is 391 g/mol. The maximum absolute atomic E-state index is 12.2. The van der Waals surface area contributed by atoms with Crippen molar-refractivity contribution >= 4 is 15.9 Å². The number of amides is 1. The van der Waals surface area contributed by atoms with E-state index >= 15 is 0 Å². The molecule has 0 aliphatic heterocycles. The van der Waals surface area contributed by atoms with Gasteiger partial charge >= 0.3 is 0 Å². The zero-order valence-corrected chi connectivity index (χ0v) is 16.7. The lowest BCUT2D eigenvalue weighted by molar-refractivity contribution is -0.121. The van der Waals surface area contributed by atoms with E-state index in [4.69, 9.17) is 4.74 Å². The van der Waals surface area contributed by atoms with E-state index in [0.29, 0.717) is 5.75 Å². The molecular weight excluding hydrogens is 364 g/mol. The van der Waals surface area contributed by atoms with Crippen LogP contribution in [-0.2, 0) is 21.4 Å². The van der Waals surface area contributed by atoms with Crippen LogP contribution < -0.4 is 10.1 Å². The molecule has 0 aliphatic rings. The fraction of sp³-hybridized carbons (Fsp3) is 0.350. The first-order valence-electron chi connectivity index (χ1n) is 8.72. The molecule has 0 spiro atoms. The summed E-state index contributed by atoms with van der Waals surface area (Å²) in [5.74, 6) is 0.522. The van der Waals surface area contributed by atoms with E-state index < -0.39 is 10.0 Å². The lowest BCUT2D eigenvalue weighted by atomic mass is 10.1. The second kappa shape index (κ2) is 9.53. The summed E-state index contributed by atoms with van der Waals surface area (Å²) in [7, 11) is -1.86. The Morgan fingerprint density at radius 1 is 1.11 bits per heavy atom. The van der Waals surface area contributed by atoms with E-state index in [-0.39, 0.29) is 31.5 Å². The molecule has 0 saturated carbocycles. The number of carbonyl (C=O) groups excluding carboxylic acids is 1. The van der Waals surface area contributed by atoms with Crippen LogP contribution in [0.4, 0.5) is 0 Å². The molecule has 0 radical (unpaired) electrons. The third kappa shape index (κ3) is 6.69. The predicted molar refractivity (Wildman–Crippen MR) is 106 cm³/mol. The van der Waals surface area contributed by atoms with E-state index in [1.165, 1.54) is 4.31 Å². The highest BCUT2D eigenvalue weighted by Crippen LogP contribution is 2.15. The normalized spacial score (nSPS) is 12.6. The van der Waals surface area contributed by atoms with Crippen LogP contribution in [0.2, 0.25) is 0 Å². The minimum Gasteiger partial charge on any atom is -0.497 e. The van der Waals surface area contributed by atoms with Crippen molar-refractivity contribution in [1.82, 2.24) is 9.62 Å². The van der Waals surface area contributed by atoms with Gasteiger partial charge in [-0.2, -0.15) is 4.31 Å². The first-order chi connectivity index (χ1) is 12.8. The van der Waals surface area contributed by atoms with Crippen LogP contribution in [0.5, 0.6) is 5.75 Å². The maximum Gasteiger partial charge on any atom is 0.221 e. The highest BCUT2D eigenvalue weighted by atomic mass is 32.2. The second-order valence-electron chi connectivity index (χ2n) is 6.39. The Kier molecular flexibility index (Phi) is 7.38. The lowest BCUT2D eigenvalue weighted by Crippen LogP contribution is -2.35. The summed E-state index contributed by atoms with van der Waals surface area (Å²) in [6, 6.07) is 16.7. The van der Waals surface area contributed by atoms with Crippen molar-refractivity contribution < 1.29 is 17.9 Å². The summed E-state index contributed by atoms with van der Waals surface area (Å²) in [4.78, 5) is 12.2. The van der Waals surface area contributed by atoms with E-state index in [1.807, 2.05) is 49.4 Å². The van der Waals surface area contributed by atoms with Gasteiger partial charge in [0, 0.05) is 19.5 Å². The molecule has 0 heterocycles. The number of sulfonamides is 1. The van der Waals surface area contributed by atoms with Gasteiger partial charge in [-0.3, -0.25) is 4.79 Å². The number of benzene rings is 2. The molecule has 0 aromatic heterocycles. The Labute approximate surface area is 161 Å². The summed E-state index contributed by atoms with van der Waals surface area (Å²) >= 11 is 0. The Morgan fingerprint density at radius 2 is 1.74 bits per heavy atom. The van der Waals surface area contributed by atoms with Crippen LogP contribution in [0.1, 0.15) is 30.5 Å². The molecule has 1 unspecified atom stereocenters. The highest BCUT2D eigenvalue weighted by molar-refractivity contribution is 7.88. The topological polar surface area (TPSA) is 75.7 Å². The Bertz CT molecular complexity index is 836. The zero-order chi connectivity index (χ0) is 19.9. The number of hydrogen-bond donors (Lipinski definition) is 1. The van der Waals surface area contributed by atoms with Crippen LogP contribution in [0.15, 0.2) is 54.6 Å². The van der Waals surface area contributed by atoms with Crippen molar-refractivity contribution in [3.8, 4) is 5.75 Å². The molecule has 2 aromatic rings. The van der Waals surface area contributed by atoms with Gasteiger partial charge in [-0.1, -0.05) is 42.5 Å². The summed E-state index contributed by atoms with van der Waals surface area (Å²) in [5.41, 5.74) is 1.84. The van der Waals surface area contributed by atoms with Crippen LogP contribution in [-0.4, -0.2) is 38.5 Å². The number of nitrogens with zero attached hydrogens (tertiary/aromatic N) is 1. The molecular formula is C20H26N2O4S. The second-order valence-corrected chi connectivity index (χ2v) is 8.38. The molecule has 1 N–H and O–H groups in total. The fourth-order valence-corrected chi connectivity index (χ4v) is 3.47. The molecule has 0 bridgehead atoms. The number of ether oxygens (including phenoxy) is 1. The molecule has 0 fully saturated rings. The van der Waals surface area contributed by atoms with Crippen molar-refractivity contribution in [3.63, 3.8) is 0 Å². The van der Waals surface area contributed by atoms with Crippen molar-refractivity contribution in [1.29, 1.82) is 0 Å². The largest absolute Gasteiger partial charge is 0.497 e. The van der Waals surface area contributed by atoms with Gasteiger partial charge in [-0.25, -0.2) is 8.42 Å². The Morgan fingerprint density at radius 3 is 2.30 bits per heavy atom. The predicted octanol–water partition coefficient (Wildman–Crippen LogP) is 2.72. The third-order valence-corrected chi connectivity index (χ3v) is 5.50. The van der Waals surface area contributed by atoms with E-state index in [2.05, 4.69) is 5.32 Å². The molecule has 7 heteroatoms. The zero-order valence-electron chi connectivity index (χ0n) is 15.9. The molecule has 6 nitrogen and oxygen atoms in total. The van der Waals surface area contributed by atoms with E-state index in [9.17, 15) is 13.2 Å². The summed E-state index contributed by atoms with van der Waals surface area (Å²) in [6.07, 6.45) is 1.25. The summed E-state index contributed by atoms with van der Waals surface area (Å²) in [5, 5.41) is 2.90. The molecule has 0 saturated heterocycles. The van der Waals surface area contributed by atoms with Gasteiger partial charge in [0.2, 0.25) is 15.9 Å². The van der Waals surface area contributed by atoms with Gasteiger partial charge in [0.15, 0.2) is 0 Å². The highest BCUT2D eigenvalue weighted by Gasteiger charge is 2.19. The number of carbonyl (C=O) groups is 1. The molecule has 2 rings (SSSR count). The van der Waals surface area contributed by atoms with Crippen LogP contribution in [0.3, 0.4) is 0 Å².